The zero-order valence-corrected chi connectivity index (χ0v) is 13.4. The molecular formula is C21H13ClO2. The highest BCUT2D eigenvalue weighted by molar-refractivity contribution is 6.68. The molecule has 0 aromatic heterocycles. The Morgan fingerprint density at radius 1 is 0.792 bits per heavy atom. The van der Waals surface area contributed by atoms with E-state index in [1.165, 1.54) is 0 Å². The summed E-state index contributed by atoms with van der Waals surface area (Å²) in [5.41, 5.74) is 1.63. The minimum Gasteiger partial charge on any atom is -0.506 e. The van der Waals surface area contributed by atoms with Gasteiger partial charge in [-0.15, -0.1) is 0 Å². The number of fused-ring (bicyclic) bond motifs is 2. The number of phenolic OH excluding ortho intramolecular Hbond substituents is 1. The Kier molecular flexibility index (Phi) is 3.47. The number of rotatable bonds is 2. The molecule has 0 radical (unpaired) electrons. The summed E-state index contributed by atoms with van der Waals surface area (Å²) in [6.45, 7) is 0. The third kappa shape index (κ3) is 2.24. The molecule has 0 saturated heterocycles. The fraction of sp³-hybridized carbons (Fsp3) is 0. The minimum atomic E-state index is -0.667. The van der Waals surface area contributed by atoms with Crippen molar-refractivity contribution in [2.45, 2.75) is 0 Å². The SMILES string of the molecule is O=C(Cl)c1cc2ccccc2c(-c2cccc3ccccc23)c1O. The zero-order chi connectivity index (χ0) is 16.7. The molecule has 0 bridgehead atoms. The summed E-state index contributed by atoms with van der Waals surface area (Å²) in [6.07, 6.45) is 0. The van der Waals surface area contributed by atoms with Crippen molar-refractivity contribution in [3.05, 3.63) is 78.4 Å². The highest BCUT2D eigenvalue weighted by Gasteiger charge is 2.19. The molecule has 0 aliphatic heterocycles. The number of carbonyl (C=O) groups excluding carboxylic acids is 1. The molecule has 4 aromatic rings. The van der Waals surface area contributed by atoms with Gasteiger partial charge in [0.05, 0.1) is 5.56 Å². The Hall–Kier alpha value is -2.84. The third-order valence-corrected chi connectivity index (χ3v) is 4.50. The largest absolute Gasteiger partial charge is 0.506 e. The van der Waals surface area contributed by atoms with Crippen LogP contribution in [0.25, 0.3) is 32.7 Å². The van der Waals surface area contributed by atoms with Crippen molar-refractivity contribution in [1.82, 2.24) is 0 Å². The lowest BCUT2D eigenvalue weighted by molar-refractivity contribution is 0.107. The number of carbonyl (C=O) groups is 1. The topological polar surface area (TPSA) is 37.3 Å². The van der Waals surface area contributed by atoms with E-state index in [9.17, 15) is 9.90 Å². The Morgan fingerprint density at radius 3 is 2.17 bits per heavy atom. The molecule has 4 rings (SSSR count). The van der Waals surface area contributed by atoms with E-state index in [-0.39, 0.29) is 11.3 Å². The van der Waals surface area contributed by atoms with E-state index >= 15 is 0 Å². The second-order valence-corrected chi connectivity index (χ2v) is 6.01. The molecule has 0 saturated carbocycles. The van der Waals surface area contributed by atoms with Crippen molar-refractivity contribution >= 4 is 38.4 Å². The number of hydrogen-bond acceptors (Lipinski definition) is 2. The van der Waals surface area contributed by atoms with Crippen molar-refractivity contribution in [2.24, 2.45) is 0 Å². The van der Waals surface area contributed by atoms with Gasteiger partial charge in [0.2, 0.25) is 0 Å². The lowest BCUT2D eigenvalue weighted by Crippen LogP contribution is -1.94. The molecule has 3 heteroatoms. The van der Waals surface area contributed by atoms with Crippen LogP contribution in [0.3, 0.4) is 0 Å². The smallest absolute Gasteiger partial charge is 0.256 e. The third-order valence-electron chi connectivity index (χ3n) is 4.29. The van der Waals surface area contributed by atoms with E-state index in [2.05, 4.69) is 0 Å². The van der Waals surface area contributed by atoms with Crippen LogP contribution in [0.15, 0.2) is 72.8 Å². The van der Waals surface area contributed by atoms with E-state index in [1.807, 2.05) is 66.7 Å². The fourth-order valence-corrected chi connectivity index (χ4v) is 3.35. The molecule has 0 heterocycles. The van der Waals surface area contributed by atoms with Crippen LogP contribution in [0, 0.1) is 0 Å². The van der Waals surface area contributed by atoms with E-state index in [0.717, 1.165) is 27.1 Å². The molecule has 4 aromatic carbocycles. The average Bonchev–Trinajstić information content (AvgIpc) is 2.61. The highest BCUT2D eigenvalue weighted by atomic mass is 35.5. The minimum absolute atomic E-state index is 0.0787. The molecule has 0 atom stereocenters. The molecule has 0 fully saturated rings. The first-order chi connectivity index (χ1) is 11.7. The molecule has 0 unspecified atom stereocenters. The van der Waals surface area contributed by atoms with E-state index in [4.69, 9.17) is 11.6 Å². The maximum Gasteiger partial charge on any atom is 0.256 e. The first-order valence-corrected chi connectivity index (χ1v) is 7.97. The standard InChI is InChI=1S/C21H13ClO2/c22-21(24)18-12-14-7-2-4-10-16(14)19(20(18)23)17-11-5-8-13-6-1-3-9-15(13)17/h1-12,23H. The van der Waals surface area contributed by atoms with Crippen LogP contribution in [0.4, 0.5) is 0 Å². The Labute approximate surface area is 143 Å². The summed E-state index contributed by atoms with van der Waals surface area (Å²) < 4.78 is 0. The van der Waals surface area contributed by atoms with Gasteiger partial charge in [-0.1, -0.05) is 66.7 Å². The van der Waals surface area contributed by atoms with Gasteiger partial charge < -0.3 is 5.11 Å². The van der Waals surface area contributed by atoms with Gasteiger partial charge in [-0.25, -0.2) is 0 Å². The molecule has 0 spiro atoms. The first kappa shape index (κ1) is 14.7. The van der Waals surface area contributed by atoms with Gasteiger partial charge in [-0.2, -0.15) is 0 Å². The molecule has 0 amide bonds. The lowest BCUT2D eigenvalue weighted by atomic mass is 9.91. The number of benzene rings is 4. The second-order valence-electron chi connectivity index (χ2n) is 5.67. The van der Waals surface area contributed by atoms with Gasteiger partial charge in [0.15, 0.2) is 0 Å². The molecule has 24 heavy (non-hydrogen) atoms. The molecule has 0 aliphatic rings. The van der Waals surface area contributed by atoms with E-state index in [0.29, 0.717) is 5.56 Å². The maximum absolute atomic E-state index is 11.8. The number of halogens is 1. The van der Waals surface area contributed by atoms with Crippen molar-refractivity contribution in [2.75, 3.05) is 0 Å². The lowest BCUT2D eigenvalue weighted by Gasteiger charge is -2.14. The van der Waals surface area contributed by atoms with Crippen molar-refractivity contribution in [3.63, 3.8) is 0 Å². The normalized spacial score (nSPS) is 11.0. The van der Waals surface area contributed by atoms with E-state index < -0.39 is 5.24 Å². The van der Waals surface area contributed by atoms with Crippen molar-refractivity contribution < 1.29 is 9.90 Å². The zero-order valence-electron chi connectivity index (χ0n) is 12.7. The quantitative estimate of drug-likeness (QED) is 0.475. The average molecular weight is 333 g/mol. The summed E-state index contributed by atoms with van der Waals surface area (Å²) >= 11 is 5.69. The molecular weight excluding hydrogens is 320 g/mol. The van der Waals surface area contributed by atoms with E-state index in [1.54, 1.807) is 6.07 Å². The molecule has 2 nitrogen and oxygen atoms in total. The summed E-state index contributed by atoms with van der Waals surface area (Å²) in [5.74, 6) is -0.0787. The second kappa shape index (κ2) is 5.66. The predicted molar refractivity (Wildman–Crippen MR) is 98.7 cm³/mol. The van der Waals surface area contributed by atoms with Crippen LogP contribution < -0.4 is 0 Å². The summed E-state index contributed by atoms with van der Waals surface area (Å²) in [6, 6.07) is 23.2. The number of phenols is 1. The van der Waals surface area contributed by atoms with Crippen molar-refractivity contribution in [3.8, 4) is 16.9 Å². The van der Waals surface area contributed by atoms with Crippen molar-refractivity contribution in [1.29, 1.82) is 0 Å². The summed E-state index contributed by atoms with van der Waals surface area (Å²) in [4.78, 5) is 11.8. The van der Waals surface area contributed by atoms with Crippen LogP contribution in [0.1, 0.15) is 10.4 Å². The molecule has 116 valence electrons. The monoisotopic (exact) mass is 332 g/mol. The predicted octanol–water partition coefficient (Wildman–Crippen LogP) is 5.74. The van der Waals surface area contributed by atoms with Crippen LogP contribution in [-0.2, 0) is 0 Å². The summed E-state index contributed by atoms with van der Waals surface area (Å²) in [5, 5.41) is 13.9. The fourth-order valence-electron chi connectivity index (χ4n) is 3.20. The number of hydrogen-bond donors (Lipinski definition) is 1. The van der Waals surface area contributed by atoms with Gasteiger partial charge in [0.25, 0.3) is 5.24 Å². The van der Waals surface area contributed by atoms with Crippen LogP contribution in [0.5, 0.6) is 5.75 Å². The van der Waals surface area contributed by atoms with Gasteiger partial charge in [0.1, 0.15) is 5.75 Å². The number of aromatic hydroxyl groups is 1. The Bertz CT molecular complexity index is 1090. The molecule has 1 N–H and O–H groups in total. The van der Waals surface area contributed by atoms with Crippen LogP contribution in [-0.4, -0.2) is 10.3 Å². The Morgan fingerprint density at radius 2 is 1.42 bits per heavy atom. The maximum atomic E-state index is 11.8. The highest BCUT2D eigenvalue weighted by Crippen LogP contribution is 2.42. The van der Waals surface area contributed by atoms with Gasteiger partial charge in [0, 0.05) is 5.56 Å². The van der Waals surface area contributed by atoms with Crippen LogP contribution in [0.2, 0.25) is 0 Å². The Balaban J connectivity index is 2.19. The van der Waals surface area contributed by atoms with Gasteiger partial charge >= 0.3 is 0 Å². The first-order valence-electron chi connectivity index (χ1n) is 7.59. The van der Waals surface area contributed by atoms with Gasteiger partial charge in [-0.3, -0.25) is 4.79 Å². The van der Waals surface area contributed by atoms with Crippen LogP contribution >= 0.6 is 11.6 Å². The van der Waals surface area contributed by atoms with Gasteiger partial charge in [-0.05, 0) is 44.8 Å². The summed E-state index contributed by atoms with van der Waals surface area (Å²) in [7, 11) is 0. The molecule has 0 aliphatic carbocycles.